The summed E-state index contributed by atoms with van der Waals surface area (Å²) in [6.45, 7) is 11.2. The standard InChI is InChI=1S/C17H27NO/c1-5-7-14(8-6-2)16(11-13(3)4)17-12-15(19)9-10-18-17/h7,13,17-18H,1,6,8-12H2,2-4H3/b16-14-. The monoisotopic (exact) mass is 261 g/mol. The number of allylic oxidation sites excluding steroid dienone is 2. The minimum absolute atomic E-state index is 0.217. The first-order valence-corrected chi connectivity index (χ1v) is 7.41. The van der Waals surface area contributed by atoms with E-state index in [0.29, 0.717) is 24.5 Å². The van der Waals surface area contributed by atoms with Crippen molar-refractivity contribution in [2.75, 3.05) is 6.54 Å². The highest BCUT2D eigenvalue weighted by Gasteiger charge is 2.24. The van der Waals surface area contributed by atoms with E-state index in [4.69, 9.17) is 0 Å². The van der Waals surface area contributed by atoms with Gasteiger partial charge in [-0.05, 0) is 36.0 Å². The average Bonchev–Trinajstić information content (AvgIpc) is 2.35. The molecule has 0 bridgehead atoms. The number of nitrogens with one attached hydrogen (secondary N) is 1. The predicted octanol–water partition coefficient (Wildman–Crippen LogP) is 3.79. The number of piperidine rings is 1. The van der Waals surface area contributed by atoms with E-state index in [0.717, 1.165) is 25.8 Å². The second kappa shape index (κ2) is 8.14. The van der Waals surface area contributed by atoms with Crippen LogP contribution in [0.25, 0.3) is 0 Å². The highest BCUT2D eigenvalue weighted by atomic mass is 16.1. The van der Waals surface area contributed by atoms with Gasteiger partial charge >= 0.3 is 0 Å². The van der Waals surface area contributed by atoms with Gasteiger partial charge in [0, 0.05) is 25.4 Å². The van der Waals surface area contributed by atoms with Crippen molar-refractivity contribution in [1.29, 1.82) is 0 Å². The summed E-state index contributed by atoms with van der Waals surface area (Å²) in [5.74, 6) is 0.974. The number of Topliss-reactive ketones (excluding diaryl/α,β-unsaturated/α-hetero) is 1. The maximum Gasteiger partial charge on any atom is 0.136 e. The van der Waals surface area contributed by atoms with Gasteiger partial charge in [0.1, 0.15) is 5.78 Å². The summed E-state index contributed by atoms with van der Waals surface area (Å²) in [4.78, 5) is 11.7. The molecular weight excluding hydrogens is 234 g/mol. The molecular formula is C17H27NO. The molecule has 0 aromatic rings. The Morgan fingerprint density at radius 1 is 1.58 bits per heavy atom. The Labute approximate surface area is 117 Å². The summed E-state index contributed by atoms with van der Waals surface area (Å²) in [6.07, 6.45) is 6.50. The molecule has 19 heavy (non-hydrogen) atoms. The number of carbonyl (C=O) groups is 1. The van der Waals surface area contributed by atoms with Crippen LogP contribution in [0, 0.1) is 5.92 Å². The molecule has 0 aromatic heterocycles. The van der Waals surface area contributed by atoms with E-state index in [2.05, 4.69) is 38.4 Å². The van der Waals surface area contributed by atoms with Crippen LogP contribution < -0.4 is 5.32 Å². The largest absolute Gasteiger partial charge is 0.309 e. The third kappa shape index (κ3) is 5.18. The van der Waals surface area contributed by atoms with Gasteiger partial charge in [-0.25, -0.2) is 0 Å². The summed E-state index contributed by atoms with van der Waals surface area (Å²) in [6, 6.07) is 0.217. The highest BCUT2D eigenvalue weighted by Crippen LogP contribution is 2.26. The van der Waals surface area contributed by atoms with E-state index in [-0.39, 0.29) is 6.04 Å². The average molecular weight is 261 g/mol. The normalized spacial score (nSPS) is 21.1. The van der Waals surface area contributed by atoms with Gasteiger partial charge in [0.2, 0.25) is 0 Å². The zero-order valence-corrected chi connectivity index (χ0v) is 12.6. The molecule has 1 N–H and O–H groups in total. The molecule has 0 amide bonds. The van der Waals surface area contributed by atoms with E-state index in [1.807, 2.05) is 6.08 Å². The third-order valence-electron chi connectivity index (χ3n) is 3.48. The maximum atomic E-state index is 11.7. The Hall–Kier alpha value is -1.11. The smallest absolute Gasteiger partial charge is 0.136 e. The van der Waals surface area contributed by atoms with Crippen LogP contribution in [-0.4, -0.2) is 18.4 Å². The summed E-state index contributed by atoms with van der Waals surface area (Å²) in [5.41, 5.74) is 5.62. The Balaban J connectivity index is 3.05. The van der Waals surface area contributed by atoms with Crippen LogP contribution in [0.1, 0.15) is 52.9 Å². The number of ketones is 1. The van der Waals surface area contributed by atoms with E-state index in [9.17, 15) is 4.79 Å². The molecule has 1 saturated heterocycles. The van der Waals surface area contributed by atoms with E-state index in [1.54, 1.807) is 0 Å². The molecule has 106 valence electrons. The van der Waals surface area contributed by atoms with Gasteiger partial charge in [0.05, 0.1) is 0 Å². The fourth-order valence-electron chi connectivity index (χ4n) is 2.69. The van der Waals surface area contributed by atoms with Gasteiger partial charge in [0.25, 0.3) is 0 Å². The molecule has 0 saturated carbocycles. The Kier molecular flexibility index (Phi) is 6.83. The van der Waals surface area contributed by atoms with E-state index >= 15 is 0 Å². The second-order valence-corrected chi connectivity index (χ2v) is 5.75. The second-order valence-electron chi connectivity index (χ2n) is 5.75. The fourth-order valence-corrected chi connectivity index (χ4v) is 2.69. The van der Waals surface area contributed by atoms with Crippen LogP contribution in [0.5, 0.6) is 0 Å². The molecule has 0 radical (unpaired) electrons. The first-order chi connectivity index (χ1) is 9.08. The highest BCUT2D eigenvalue weighted by molar-refractivity contribution is 5.80. The third-order valence-corrected chi connectivity index (χ3v) is 3.48. The van der Waals surface area contributed by atoms with E-state index in [1.165, 1.54) is 11.1 Å². The van der Waals surface area contributed by atoms with E-state index < -0.39 is 0 Å². The summed E-state index contributed by atoms with van der Waals surface area (Å²) >= 11 is 0. The van der Waals surface area contributed by atoms with Crippen LogP contribution in [0.15, 0.2) is 29.5 Å². The molecule has 2 nitrogen and oxygen atoms in total. The summed E-state index contributed by atoms with van der Waals surface area (Å²) in [5, 5.41) is 3.51. The molecule has 0 aromatic carbocycles. The Morgan fingerprint density at radius 2 is 2.32 bits per heavy atom. The van der Waals surface area contributed by atoms with Crippen LogP contribution in [0.4, 0.5) is 0 Å². The van der Waals surface area contributed by atoms with Crippen molar-refractivity contribution < 1.29 is 4.79 Å². The first-order valence-electron chi connectivity index (χ1n) is 7.41. The SMILES string of the molecule is C=C=C/C(CCC)=C(\CC(C)C)C1CC(=O)CCN1. The lowest BCUT2D eigenvalue weighted by Crippen LogP contribution is -2.40. The number of hydrogen-bond donors (Lipinski definition) is 1. The van der Waals surface area contributed by atoms with Crippen molar-refractivity contribution in [2.45, 2.75) is 58.9 Å². The zero-order valence-electron chi connectivity index (χ0n) is 12.6. The van der Waals surface area contributed by atoms with Crippen molar-refractivity contribution in [1.82, 2.24) is 5.32 Å². The maximum absolute atomic E-state index is 11.7. The minimum atomic E-state index is 0.217. The molecule has 1 aliphatic heterocycles. The minimum Gasteiger partial charge on any atom is -0.309 e. The van der Waals surface area contributed by atoms with Crippen LogP contribution >= 0.6 is 0 Å². The Bertz CT molecular complexity index is 386. The lowest BCUT2D eigenvalue weighted by molar-refractivity contribution is -0.120. The van der Waals surface area contributed by atoms with Gasteiger partial charge < -0.3 is 5.32 Å². The van der Waals surface area contributed by atoms with Gasteiger partial charge in [0.15, 0.2) is 0 Å². The van der Waals surface area contributed by atoms with Crippen molar-refractivity contribution >= 4 is 5.78 Å². The van der Waals surface area contributed by atoms with Crippen LogP contribution in [0.3, 0.4) is 0 Å². The molecule has 1 aliphatic rings. The lowest BCUT2D eigenvalue weighted by Gasteiger charge is -2.28. The van der Waals surface area contributed by atoms with Crippen LogP contribution in [-0.2, 0) is 4.79 Å². The number of carbonyl (C=O) groups excluding carboxylic acids is 1. The fraction of sp³-hybridized carbons (Fsp3) is 0.647. The van der Waals surface area contributed by atoms with Crippen molar-refractivity contribution in [3.8, 4) is 0 Å². The number of rotatable bonds is 6. The number of hydrogen-bond acceptors (Lipinski definition) is 2. The van der Waals surface area contributed by atoms with Gasteiger partial charge in [-0.15, -0.1) is 5.73 Å². The molecule has 0 spiro atoms. The molecule has 1 fully saturated rings. The topological polar surface area (TPSA) is 29.1 Å². The van der Waals surface area contributed by atoms with Crippen molar-refractivity contribution in [2.24, 2.45) is 5.92 Å². The summed E-state index contributed by atoms with van der Waals surface area (Å²) in [7, 11) is 0. The molecule has 1 rings (SSSR count). The first kappa shape index (κ1) is 15.9. The Morgan fingerprint density at radius 3 is 2.84 bits per heavy atom. The lowest BCUT2D eigenvalue weighted by atomic mass is 9.86. The molecule has 0 aliphatic carbocycles. The molecule has 1 atom stereocenters. The summed E-state index contributed by atoms with van der Waals surface area (Å²) < 4.78 is 0. The molecule has 2 heteroatoms. The van der Waals surface area contributed by atoms with Gasteiger partial charge in [-0.3, -0.25) is 4.79 Å². The quantitative estimate of drug-likeness (QED) is 0.582. The predicted molar refractivity (Wildman–Crippen MR) is 81.1 cm³/mol. The molecule has 1 unspecified atom stereocenters. The van der Waals surface area contributed by atoms with Crippen LogP contribution in [0.2, 0.25) is 0 Å². The van der Waals surface area contributed by atoms with Gasteiger partial charge in [-0.1, -0.05) is 33.8 Å². The van der Waals surface area contributed by atoms with Crippen molar-refractivity contribution in [3.63, 3.8) is 0 Å². The zero-order chi connectivity index (χ0) is 14.3. The molecule has 1 heterocycles. The van der Waals surface area contributed by atoms with Crippen molar-refractivity contribution in [3.05, 3.63) is 29.5 Å². The van der Waals surface area contributed by atoms with Gasteiger partial charge in [-0.2, -0.15) is 0 Å².